The van der Waals surface area contributed by atoms with E-state index in [-0.39, 0.29) is 17.2 Å². The highest BCUT2D eigenvalue weighted by Crippen LogP contribution is 2.27. The van der Waals surface area contributed by atoms with Gasteiger partial charge >= 0.3 is 0 Å². The van der Waals surface area contributed by atoms with Gasteiger partial charge in [-0.1, -0.05) is 44.2 Å². The highest BCUT2D eigenvalue weighted by molar-refractivity contribution is 5.83. The van der Waals surface area contributed by atoms with Gasteiger partial charge in [-0.3, -0.25) is 4.79 Å². The first-order valence-corrected chi connectivity index (χ1v) is 5.23. The molecule has 0 aliphatic heterocycles. The van der Waals surface area contributed by atoms with Crippen molar-refractivity contribution in [2.75, 3.05) is 7.05 Å². The van der Waals surface area contributed by atoms with Crippen LogP contribution in [0.3, 0.4) is 0 Å². The van der Waals surface area contributed by atoms with Crippen LogP contribution in [0.1, 0.15) is 26.3 Å². The number of rotatable bonds is 4. The van der Waals surface area contributed by atoms with Crippen LogP contribution in [0.25, 0.3) is 0 Å². The highest BCUT2D eigenvalue weighted by atomic mass is 16.1. The second-order valence-electron chi connectivity index (χ2n) is 4.42. The number of ketones is 1. The molecule has 1 aromatic carbocycles. The van der Waals surface area contributed by atoms with Crippen molar-refractivity contribution in [2.24, 2.45) is 0 Å². The molecular weight excluding hydrogens is 186 g/mol. The zero-order valence-electron chi connectivity index (χ0n) is 9.87. The third kappa shape index (κ3) is 2.45. The number of carbonyl (C=O) groups is 1. The quantitative estimate of drug-likeness (QED) is 0.816. The van der Waals surface area contributed by atoms with E-state index in [4.69, 9.17) is 0 Å². The summed E-state index contributed by atoms with van der Waals surface area (Å²) in [4.78, 5) is 11.5. The van der Waals surface area contributed by atoms with E-state index in [9.17, 15) is 4.79 Å². The van der Waals surface area contributed by atoms with Gasteiger partial charge in [0.25, 0.3) is 0 Å². The third-order valence-electron chi connectivity index (χ3n) is 2.93. The molecule has 0 radical (unpaired) electrons. The number of Topliss-reactive ketones (excluding diaryl/α,β-unsaturated/α-hetero) is 1. The number of likely N-dealkylation sites (N-methyl/N-ethyl adjacent to an activating group) is 1. The molecular formula is C13H19NO. The Hall–Kier alpha value is -1.15. The smallest absolute Gasteiger partial charge is 0.147 e. The first-order valence-electron chi connectivity index (χ1n) is 5.23. The van der Waals surface area contributed by atoms with E-state index in [1.807, 2.05) is 25.2 Å². The molecule has 0 saturated carbocycles. The van der Waals surface area contributed by atoms with Crippen LogP contribution in [0.2, 0.25) is 0 Å². The fourth-order valence-corrected chi connectivity index (χ4v) is 2.11. The van der Waals surface area contributed by atoms with E-state index in [0.717, 1.165) is 0 Å². The molecule has 15 heavy (non-hydrogen) atoms. The van der Waals surface area contributed by atoms with Crippen LogP contribution in [0.15, 0.2) is 30.3 Å². The Kier molecular flexibility index (Phi) is 3.64. The molecule has 2 heteroatoms. The molecule has 0 bridgehead atoms. The van der Waals surface area contributed by atoms with Gasteiger partial charge in [0.1, 0.15) is 5.78 Å². The minimum atomic E-state index is -0.179. The van der Waals surface area contributed by atoms with Crippen molar-refractivity contribution in [1.82, 2.24) is 5.32 Å². The fourth-order valence-electron chi connectivity index (χ4n) is 2.11. The molecule has 0 aliphatic rings. The van der Waals surface area contributed by atoms with E-state index in [2.05, 4.69) is 31.3 Å². The number of hydrogen-bond acceptors (Lipinski definition) is 2. The van der Waals surface area contributed by atoms with Gasteiger partial charge in [-0.15, -0.1) is 0 Å². The summed E-state index contributed by atoms with van der Waals surface area (Å²) in [5.74, 6) is 0.173. The normalized spacial score (nSPS) is 13.6. The van der Waals surface area contributed by atoms with Crippen LogP contribution in [0.5, 0.6) is 0 Å². The molecule has 0 saturated heterocycles. The fraction of sp³-hybridized carbons (Fsp3) is 0.462. The number of carbonyl (C=O) groups excluding carboxylic acids is 1. The van der Waals surface area contributed by atoms with Crippen molar-refractivity contribution < 1.29 is 4.79 Å². The average molecular weight is 205 g/mol. The summed E-state index contributed by atoms with van der Waals surface area (Å²) in [6.07, 6.45) is 0. The van der Waals surface area contributed by atoms with Crippen LogP contribution in [0, 0.1) is 0 Å². The van der Waals surface area contributed by atoms with Gasteiger partial charge in [-0.2, -0.15) is 0 Å². The van der Waals surface area contributed by atoms with Gasteiger partial charge in [0.15, 0.2) is 0 Å². The molecule has 0 heterocycles. The predicted octanol–water partition coefficient (Wildman–Crippen LogP) is 2.14. The Morgan fingerprint density at radius 3 is 2.20 bits per heavy atom. The van der Waals surface area contributed by atoms with E-state index in [1.165, 1.54) is 5.56 Å². The van der Waals surface area contributed by atoms with Crippen molar-refractivity contribution in [2.45, 2.75) is 32.2 Å². The Morgan fingerprint density at radius 1 is 1.27 bits per heavy atom. The van der Waals surface area contributed by atoms with Crippen molar-refractivity contribution in [3.05, 3.63) is 35.9 Å². The molecule has 0 spiro atoms. The number of benzene rings is 1. The Bertz CT molecular complexity index is 330. The molecule has 82 valence electrons. The lowest BCUT2D eigenvalue weighted by Gasteiger charge is -2.33. The summed E-state index contributed by atoms with van der Waals surface area (Å²) < 4.78 is 0. The summed E-state index contributed by atoms with van der Waals surface area (Å²) in [7, 11) is 1.83. The van der Waals surface area contributed by atoms with Gasteiger partial charge in [-0.25, -0.2) is 0 Å². The minimum absolute atomic E-state index is 0.139. The second-order valence-corrected chi connectivity index (χ2v) is 4.42. The standard InChI is InChI=1S/C13H19NO/c1-10(15)12(14-4)13(2,3)11-8-6-5-7-9-11/h5-9,12,14H,1-4H3. The van der Waals surface area contributed by atoms with E-state index >= 15 is 0 Å². The first kappa shape index (κ1) is 11.9. The Labute approximate surface area is 91.7 Å². The number of nitrogens with one attached hydrogen (secondary N) is 1. The van der Waals surface area contributed by atoms with Crippen LogP contribution in [-0.4, -0.2) is 18.9 Å². The first-order chi connectivity index (χ1) is 7.00. The minimum Gasteiger partial charge on any atom is -0.310 e. The molecule has 1 atom stereocenters. The summed E-state index contributed by atoms with van der Waals surface area (Å²) in [5, 5.41) is 3.09. The van der Waals surface area contributed by atoms with Crippen LogP contribution in [0.4, 0.5) is 0 Å². The maximum Gasteiger partial charge on any atom is 0.147 e. The second kappa shape index (κ2) is 4.58. The zero-order valence-corrected chi connectivity index (χ0v) is 9.87. The SMILES string of the molecule is CNC(C(C)=O)C(C)(C)c1ccccc1. The summed E-state index contributed by atoms with van der Waals surface area (Å²) in [6.45, 7) is 5.81. The van der Waals surface area contributed by atoms with E-state index in [1.54, 1.807) is 6.92 Å². The Morgan fingerprint density at radius 2 is 1.80 bits per heavy atom. The van der Waals surface area contributed by atoms with Crippen molar-refractivity contribution in [3.8, 4) is 0 Å². The molecule has 0 amide bonds. The van der Waals surface area contributed by atoms with Crippen molar-refractivity contribution in [1.29, 1.82) is 0 Å². The zero-order chi connectivity index (χ0) is 11.5. The molecule has 0 aliphatic carbocycles. The van der Waals surface area contributed by atoms with E-state index in [0.29, 0.717) is 0 Å². The molecule has 1 aromatic rings. The van der Waals surface area contributed by atoms with Crippen molar-refractivity contribution in [3.63, 3.8) is 0 Å². The predicted molar refractivity (Wildman–Crippen MR) is 63.0 cm³/mol. The maximum atomic E-state index is 11.5. The maximum absolute atomic E-state index is 11.5. The van der Waals surface area contributed by atoms with Crippen molar-refractivity contribution >= 4 is 5.78 Å². The number of hydrogen-bond donors (Lipinski definition) is 1. The molecule has 1 unspecified atom stereocenters. The molecule has 0 fully saturated rings. The van der Waals surface area contributed by atoms with Crippen LogP contribution >= 0.6 is 0 Å². The molecule has 1 N–H and O–H groups in total. The van der Waals surface area contributed by atoms with Gasteiger partial charge < -0.3 is 5.32 Å². The lowest BCUT2D eigenvalue weighted by Crippen LogP contribution is -2.47. The molecule has 0 aromatic heterocycles. The Balaban J connectivity index is 3.05. The van der Waals surface area contributed by atoms with Gasteiger partial charge in [0, 0.05) is 5.41 Å². The lowest BCUT2D eigenvalue weighted by molar-refractivity contribution is -0.120. The molecule has 2 nitrogen and oxygen atoms in total. The molecule has 1 rings (SSSR count). The topological polar surface area (TPSA) is 29.1 Å². The van der Waals surface area contributed by atoms with Crippen LogP contribution in [-0.2, 0) is 10.2 Å². The van der Waals surface area contributed by atoms with Gasteiger partial charge in [0.05, 0.1) is 6.04 Å². The summed E-state index contributed by atoms with van der Waals surface area (Å²) >= 11 is 0. The van der Waals surface area contributed by atoms with Gasteiger partial charge in [0.2, 0.25) is 0 Å². The average Bonchev–Trinajstić information content (AvgIpc) is 2.19. The lowest BCUT2D eigenvalue weighted by atomic mass is 9.76. The third-order valence-corrected chi connectivity index (χ3v) is 2.93. The summed E-state index contributed by atoms with van der Waals surface area (Å²) in [6, 6.07) is 9.98. The monoisotopic (exact) mass is 205 g/mol. The summed E-state index contributed by atoms with van der Waals surface area (Å²) in [5.41, 5.74) is 1.00. The largest absolute Gasteiger partial charge is 0.310 e. The highest BCUT2D eigenvalue weighted by Gasteiger charge is 2.33. The van der Waals surface area contributed by atoms with E-state index < -0.39 is 0 Å². The van der Waals surface area contributed by atoms with Crippen LogP contribution < -0.4 is 5.32 Å². The van der Waals surface area contributed by atoms with Gasteiger partial charge in [-0.05, 0) is 19.5 Å².